The van der Waals surface area contributed by atoms with E-state index >= 15 is 0 Å². The third-order valence-corrected chi connectivity index (χ3v) is 2.10. The first-order valence-electron chi connectivity index (χ1n) is 4.04. The molecule has 1 aromatic carbocycles. The maximum atomic E-state index is 10.6. The lowest BCUT2D eigenvalue weighted by Crippen LogP contribution is -1.76. The van der Waals surface area contributed by atoms with Crippen molar-refractivity contribution in [1.82, 2.24) is 4.98 Å². The number of rotatable bonds is 2. The van der Waals surface area contributed by atoms with Crippen molar-refractivity contribution in [3.05, 3.63) is 42.1 Å². The molecular formula is C11H9NO. The predicted molar refractivity (Wildman–Crippen MR) is 53.8 cm³/mol. The van der Waals surface area contributed by atoms with Crippen LogP contribution < -0.4 is 0 Å². The second kappa shape index (κ2) is 2.90. The average molecular weight is 171 g/mol. The molecule has 13 heavy (non-hydrogen) atoms. The van der Waals surface area contributed by atoms with E-state index in [0.717, 1.165) is 22.8 Å². The van der Waals surface area contributed by atoms with Crippen LogP contribution in [-0.4, -0.2) is 11.3 Å². The topological polar surface area (TPSA) is 32.9 Å². The molecule has 0 amide bonds. The average Bonchev–Trinajstić information content (AvgIpc) is 2.59. The molecule has 0 unspecified atom stereocenters. The van der Waals surface area contributed by atoms with Crippen LogP contribution >= 0.6 is 0 Å². The van der Waals surface area contributed by atoms with E-state index in [-0.39, 0.29) is 0 Å². The largest absolute Gasteiger partial charge is 0.360 e. The number of carbonyl (C=O) groups is 1. The molecule has 1 aromatic heterocycles. The van der Waals surface area contributed by atoms with Crippen molar-refractivity contribution < 1.29 is 4.79 Å². The molecule has 64 valence electrons. The Bertz CT molecular complexity index is 468. The summed E-state index contributed by atoms with van der Waals surface area (Å²) in [4.78, 5) is 13.7. The Morgan fingerprint density at radius 3 is 2.92 bits per heavy atom. The highest BCUT2D eigenvalue weighted by molar-refractivity contribution is 5.97. The Hall–Kier alpha value is -1.83. The lowest BCUT2D eigenvalue weighted by atomic mass is 10.1. The number of carbonyl (C=O) groups excluding carboxylic acids is 1. The molecule has 1 heterocycles. The summed E-state index contributed by atoms with van der Waals surface area (Å²) in [5, 5.41) is 0.951. The standard InChI is InChI=1S/C11H9NO/c1-2-8-3-4-11-10(5-8)9(7-13)6-12-11/h2-7,12H,1H2. The number of hydrogen-bond donors (Lipinski definition) is 1. The number of nitrogens with one attached hydrogen (secondary N) is 1. The zero-order chi connectivity index (χ0) is 9.26. The molecule has 0 saturated heterocycles. The van der Waals surface area contributed by atoms with Crippen LogP contribution in [0, 0.1) is 0 Å². The first-order valence-corrected chi connectivity index (χ1v) is 4.04. The summed E-state index contributed by atoms with van der Waals surface area (Å²) in [5.74, 6) is 0. The highest BCUT2D eigenvalue weighted by Crippen LogP contribution is 2.18. The van der Waals surface area contributed by atoms with Gasteiger partial charge in [0.25, 0.3) is 0 Å². The fourth-order valence-corrected chi connectivity index (χ4v) is 1.38. The van der Waals surface area contributed by atoms with Gasteiger partial charge in [-0.25, -0.2) is 0 Å². The SMILES string of the molecule is C=Cc1ccc2[nH]cc(C=O)c2c1. The van der Waals surface area contributed by atoms with Crippen molar-refractivity contribution in [3.8, 4) is 0 Å². The van der Waals surface area contributed by atoms with Crippen LogP contribution in [-0.2, 0) is 0 Å². The van der Waals surface area contributed by atoms with Gasteiger partial charge in [0, 0.05) is 22.7 Å². The molecule has 0 aliphatic heterocycles. The normalized spacial score (nSPS) is 10.2. The summed E-state index contributed by atoms with van der Waals surface area (Å²) >= 11 is 0. The molecule has 0 atom stereocenters. The lowest BCUT2D eigenvalue weighted by Gasteiger charge is -1.93. The Balaban J connectivity index is 2.78. The van der Waals surface area contributed by atoms with Crippen molar-refractivity contribution >= 4 is 23.3 Å². The number of hydrogen-bond acceptors (Lipinski definition) is 1. The third-order valence-electron chi connectivity index (χ3n) is 2.10. The van der Waals surface area contributed by atoms with Crippen LogP contribution in [0.1, 0.15) is 15.9 Å². The molecular weight excluding hydrogens is 162 g/mol. The van der Waals surface area contributed by atoms with Crippen LogP contribution in [0.5, 0.6) is 0 Å². The summed E-state index contributed by atoms with van der Waals surface area (Å²) in [6, 6.07) is 5.85. The van der Waals surface area contributed by atoms with Gasteiger partial charge in [0.05, 0.1) is 0 Å². The van der Waals surface area contributed by atoms with Crippen LogP contribution in [0.2, 0.25) is 0 Å². The van der Waals surface area contributed by atoms with Crippen molar-refractivity contribution in [2.24, 2.45) is 0 Å². The van der Waals surface area contributed by atoms with Gasteiger partial charge in [0.1, 0.15) is 0 Å². The zero-order valence-electron chi connectivity index (χ0n) is 7.08. The van der Waals surface area contributed by atoms with Gasteiger partial charge in [-0.05, 0) is 17.7 Å². The minimum Gasteiger partial charge on any atom is -0.360 e. The van der Waals surface area contributed by atoms with Crippen molar-refractivity contribution in [1.29, 1.82) is 0 Å². The second-order valence-corrected chi connectivity index (χ2v) is 2.87. The molecule has 0 bridgehead atoms. The van der Waals surface area contributed by atoms with E-state index in [1.54, 1.807) is 12.3 Å². The number of aromatic nitrogens is 1. The van der Waals surface area contributed by atoms with Gasteiger partial charge in [-0.3, -0.25) is 4.79 Å². The number of H-pyrrole nitrogens is 1. The molecule has 0 aliphatic carbocycles. The molecule has 2 nitrogen and oxygen atoms in total. The quantitative estimate of drug-likeness (QED) is 0.692. The van der Waals surface area contributed by atoms with E-state index in [9.17, 15) is 4.79 Å². The van der Waals surface area contributed by atoms with Crippen LogP contribution in [0.15, 0.2) is 31.0 Å². The van der Waals surface area contributed by atoms with Gasteiger partial charge in [-0.15, -0.1) is 0 Å². The van der Waals surface area contributed by atoms with Gasteiger partial charge in [-0.1, -0.05) is 18.7 Å². The number of benzene rings is 1. The number of aromatic amines is 1. The maximum Gasteiger partial charge on any atom is 0.152 e. The van der Waals surface area contributed by atoms with Gasteiger partial charge in [-0.2, -0.15) is 0 Å². The summed E-state index contributed by atoms with van der Waals surface area (Å²) in [5.41, 5.74) is 2.70. The Labute approximate surface area is 75.9 Å². The fraction of sp³-hybridized carbons (Fsp3) is 0. The molecule has 2 heteroatoms. The smallest absolute Gasteiger partial charge is 0.152 e. The van der Waals surface area contributed by atoms with Crippen LogP contribution in [0.4, 0.5) is 0 Å². The van der Waals surface area contributed by atoms with Crippen molar-refractivity contribution in [2.75, 3.05) is 0 Å². The molecule has 1 N–H and O–H groups in total. The first kappa shape index (κ1) is 7.80. The van der Waals surface area contributed by atoms with E-state index in [4.69, 9.17) is 0 Å². The zero-order valence-corrected chi connectivity index (χ0v) is 7.08. The van der Waals surface area contributed by atoms with Crippen molar-refractivity contribution in [3.63, 3.8) is 0 Å². The Kier molecular flexibility index (Phi) is 1.74. The number of fused-ring (bicyclic) bond motifs is 1. The van der Waals surface area contributed by atoms with E-state index in [0.29, 0.717) is 5.56 Å². The summed E-state index contributed by atoms with van der Waals surface area (Å²) in [7, 11) is 0. The van der Waals surface area contributed by atoms with E-state index in [1.807, 2.05) is 18.2 Å². The lowest BCUT2D eigenvalue weighted by molar-refractivity contribution is 0.112. The van der Waals surface area contributed by atoms with Gasteiger partial charge in [0.15, 0.2) is 6.29 Å². The first-order chi connectivity index (χ1) is 6.35. The van der Waals surface area contributed by atoms with Crippen LogP contribution in [0.25, 0.3) is 17.0 Å². The second-order valence-electron chi connectivity index (χ2n) is 2.87. The monoisotopic (exact) mass is 171 g/mol. The number of aldehydes is 1. The summed E-state index contributed by atoms with van der Waals surface area (Å²) in [6.45, 7) is 3.68. The van der Waals surface area contributed by atoms with E-state index < -0.39 is 0 Å². The van der Waals surface area contributed by atoms with Crippen molar-refractivity contribution in [2.45, 2.75) is 0 Å². The maximum absolute atomic E-state index is 10.6. The molecule has 0 saturated carbocycles. The molecule has 0 aliphatic rings. The molecule has 0 fully saturated rings. The van der Waals surface area contributed by atoms with Gasteiger partial charge >= 0.3 is 0 Å². The molecule has 2 rings (SSSR count). The fourth-order valence-electron chi connectivity index (χ4n) is 1.38. The highest BCUT2D eigenvalue weighted by Gasteiger charge is 2.01. The van der Waals surface area contributed by atoms with E-state index in [1.165, 1.54) is 0 Å². The summed E-state index contributed by atoms with van der Waals surface area (Å²) in [6.07, 6.45) is 4.33. The van der Waals surface area contributed by atoms with Crippen LogP contribution in [0.3, 0.4) is 0 Å². The highest BCUT2D eigenvalue weighted by atomic mass is 16.1. The van der Waals surface area contributed by atoms with Gasteiger partial charge in [0.2, 0.25) is 0 Å². The molecule has 0 radical (unpaired) electrons. The Morgan fingerprint density at radius 2 is 2.23 bits per heavy atom. The Morgan fingerprint density at radius 1 is 1.38 bits per heavy atom. The predicted octanol–water partition coefficient (Wildman–Crippen LogP) is 2.62. The minimum atomic E-state index is 0.693. The minimum absolute atomic E-state index is 0.693. The third kappa shape index (κ3) is 1.16. The van der Waals surface area contributed by atoms with Gasteiger partial charge < -0.3 is 4.98 Å². The molecule has 0 spiro atoms. The summed E-state index contributed by atoms with van der Waals surface area (Å²) < 4.78 is 0. The molecule has 2 aromatic rings. The van der Waals surface area contributed by atoms with E-state index in [2.05, 4.69) is 11.6 Å².